The van der Waals surface area contributed by atoms with Crippen LogP contribution in [0, 0.1) is 5.82 Å². The Bertz CT molecular complexity index is 461. The standard InChI is InChI=1S/C13H19FN4O/c1-17(2)13(18(3)4)15-9-12(19)16-11-7-5-6-10(14)8-11/h5-8H,9H2,1-4H3,(H,16,19). The van der Waals surface area contributed by atoms with Crippen molar-refractivity contribution in [1.29, 1.82) is 0 Å². The molecule has 1 aromatic rings. The normalized spacial score (nSPS) is 9.74. The third kappa shape index (κ3) is 4.95. The predicted octanol–water partition coefficient (Wildman–Crippen LogP) is 1.24. The van der Waals surface area contributed by atoms with Crippen LogP contribution in [0.2, 0.25) is 0 Å². The Labute approximate surface area is 112 Å². The van der Waals surface area contributed by atoms with Gasteiger partial charge in [-0.2, -0.15) is 0 Å². The summed E-state index contributed by atoms with van der Waals surface area (Å²) in [4.78, 5) is 19.5. The highest BCUT2D eigenvalue weighted by molar-refractivity contribution is 5.93. The van der Waals surface area contributed by atoms with E-state index in [1.165, 1.54) is 12.1 Å². The Hall–Kier alpha value is -2.11. The zero-order chi connectivity index (χ0) is 14.4. The van der Waals surface area contributed by atoms with Crippen LogP contribution in [0.1, 0.15) is 0 Å². The molecule has 0 radical (unpaired) electrons. The number of carbonyl (C=O) groups is 1. The van der Waals surface area contributed by atoms with Crippen molar-refractivity contribution in [3.63, 3.8) is 0 Å². The Balaban J connectivity index is 2.63. The molecule has 19 heavy (non-hydrogen) atoms. The van der Waals surface area contributed by atoms with Crippen molar-refractivity contribution in [2.24, 2.45) is 4.99 Å². The molecule has 0 fully saturated rings. The highest BCUT2D eigenvalue weighted by Crippen LogP contribution is 2.08. The number of hydrogen-bond donors (Lipinski definition) is 1. The second-order valence-electron chi connectivity index (χ2n) is 4.46. The van der Waals surface area contributed by atoms with Crippen LogP contribution in [0.15, 0.2) is 29.3 Å². The third-order valence-corrected chi connectivity index (χ3v) is 2.27. The van der Waals surface area contributed by atoms with Crippen LogP contribution in [0.5, 0.6) is 0 Å². The van der Waals surface area contributed by atoms with Crippen LogP contribution in [-0.4, -0.2) is 56.4 Å². The first-order chi connectivity index (χ1) is 8.90. The first-order valence-corrected chi connectivity index (χ1v) is 5.84. The number of nitrogens with one attached hydrogen (secondary N) is 1. The van der Waals surface area contributed by atoms with Crippen molar-refractivity contribution in [2.75, 3.05) is 40.1 Å². The van der Waals surface area contributed by atoms with Crippen molar-refractivity contribution >= 4 is 17.6 Å². The minimum atomic E-state index is -0.386. The smallest absolute Gasteiger partial charge is 0.246 e. The average molecular weight is 266 g/mol. The SMILES string of the molecule is CN(C)C(=NCC(=O)Nc1cccc(F)c1)N(C)C. The number of hydrogen-bond acceptors (Lipinski definition) is 2. The fourth-order valence-electron chi connectivity index (χ4n) is 1.59. The summed E-state index contributed by atoms with van der Waals surface area (Å²) < 4.78 is 13.0. The quantitative estimate of drug-likeness (QED) is 0.661. The van der Waals surface area contributed by atoms with E-state index < -0.39 is 0 Å². The minimum absolute atomic E-state index is 0.0117. The lowest BCUT2D eigenvalue weighted by atomic mass is 10.3. The number of nitrogens with zero attached hydrogens (tertiary/aromatic N) is 3. The van der Waals surface area contributed by atoms with Gasteiger partial charge in [-0.1, -0.05) is 6.07 Å². The average Bonchev–Trinajstić information content (AvgIpc) is 2.27. The molecule has 0 aliphatic heterocycles. The Morgan fingerprint density at radius 3 is 2.42 bits per heavy atom. The topological polar surface area (TPSA) is 47.9 Å². The number of amides is 1. The number of anilines is 1. The molecule has 1 N–H and O–H groups in total. The van der Waals surface area contributed by atoms with Gasteiger partial charge in [0.25, 0.3) is 0 Å². The molecule has 0 aromatic heterocycles. The molecule has 0 bridgehead atoms. The third-order valence-electron chi connectivity index (χ3n) is 2.27. The first-order valence-electron chi connectivity index (χ1n) is 5.84. The lowest BCUT2D eigenvalue weighted by Crippen LogP contribution is -2.36. The molecule has 0 saturated carbocycles. The highest BCUT2D eigenvalue weighted by atomic mass is 19.1. The molecule has 5 nitrogen and oxygen atoms in total. The van der Waals surface area contributed by atoms with E-state index in [9.17, 15) is 9.18 Å². The lowest BCUT2D eigenvalue weighted by Gasteiger charge is -2.22. The van der Waals surface area contributed by atoms with E-state index in [0.29, 0.717) is 11.6 Å². The Morgan fingerprint density at radius 1 is 1.26 bits per heavy atom. The Kier molecular flexibility index (Phi) is 5.29. The van der Waals surface area contributed by atoms with Gasteiger partial charge >= 0.3 is 0 Å². The number of rotatable bonds is 3. The van der Waals surface area contributed by atoms with Crippen LogP contribution < -0.4 is 5.32 Å². The lowest BCUT2D eigenvalue weighted by molar-refractivity contribution is -0.114. The summed E-state index contributed by atoms with van der Waals surface area (Å²) >= 11 is 0. The molecule has 0 unspecified atom stereocenters. The van der Waals surface area contributed by atoms with E-state index in [-0.39, 0.29) is 18.3 Å². The fraction of sp³-hybridized carbons (Fsp3) is 0.385. The Morgan fingerprint density at radius 2 is 1.89 bits per heavy atom. The predicted molar refractivity (Wildman–Crippen MR) is 74.7 cm³/mol. The van der Waals surface area contributed by atoms with Crippen LogP contribution in [-0.2, 0) is 4.79 Å². The monoisotopic (exact) mass is 266 g/mol. The fourth-order valence-corrected chi connectivity index (χ4v) is 1.59. The number of halogens is 1. The van der Waals surface area contributed by atoms with E-state index in [1.807, 2.05) is 38.0 Å². The van der Waals surface area contributed by atoms with Crippen LogP contribution >= 0.6 is 0 Å². The van der Waals surface area contributed by atoms with Gasteiger partial charge < -0.3 is 15.1 Å². The largest absolute Gasteiger partial charge is 0.349 e. The van der Waals surface area contributed by atoms with E-state index in [2.05, 4.69) is 10.3 Å². The first kappa shape index (κ1) is 14.9. The second-order valence-corrected chi connectivity index (χ2v) is 4.46. The molecule has 0 aliphatic rings. The summed E-state index contributed by atoms with van der Waals surface area (Å²) in [6.07, 6.45) is 0. The van der Waals surface area contributed by atoms with Crippen molar-refractivity contribution in [2.45, 2.75) is 0 Å². The van der Waals surface area contributed by atoms with Gasteiger partial charge in [0.1, 0.15) is 12.4 Å². The van der Waals surface area contributed by atoms with E-state index in [1.54, 1.807) is 12.1 Å². The number of benzene rings is 1. The second kappa shape index (κ2) is 6.72. The molecule has 0 spiro atoms. The molecule has 1 aromatic carbocycles. The maximum absolute atomic E-state index is 13.0. The van der Waals surface area contributed by atoms with Crippen molar-refractivity contribution < 1.29 is 9.18 Å². The molecule has 0 saturated heterocycles. The molecule has 1 rings (SSSR count). The van der Waals surface area contributed by atoms with Crippen molar-refractivity contribution in [1.82, 2.24) is 9.80 Å². The van der Waals surface area contributed by atoms with Gasteiger partial charge in [0.2, 0.25) is 5.91 Å². The maximum atomic E-state index is 13.0. The summed E-state index contributed by atoms with van der Waals surface area (Å²) in [5.74, 6) is 0.0183. The van der Waals surface area contributed by atoms with E-state index >= 15 is 0 Å². The summed E-state index contributed by atoms with van der Waals surface area (Å²) in [7, 11) is 7.40. The van der Waals surface area contributed by atoms with Crippen molar-refractivity contribution in [3.05, 3.63) is 30.1 Å². The van der Waals surface area contributed by atoms with Crippen LogP contribution in [0.3, 0.4) is 0 Å². The molecule has 1 amide bonds. The zero-order valence-electron chi connectivity index (χ0n) is 11.6. The number of carbonyl (C=O) groups excluding carboxylic acids is 1. The molecular formula is C13H19FN4O. The summed E-state index contributed by atoms with van der Waals surface area (Å²) in [5, 5.41) is 2.59. The van der Waals surface area contributed by atoms with Crippen LogP contribution in [0.25, 0.3) is 0 Å². The maximum Gasteiger partial charge on any atom is 0.246 e. The molecule has 104 valence electrons. The molecule has 0 aliphatic carbocycles. The van der Waals surface area contributed by atoms with Gasteiger partial charge in [-0.15, -0.1) is 0 Å². The molecule has 6 heteroatoms. The highest BCUT2D eigenvalue weighted by Gasteiger charge is 2.07. The van der Waals surface area contributed by atoms with Crippen molar-refractivity contribution in [3.8, 4) is 0 Å². The van der Waals surface area contributed by atoms with Gasteiger partial charge in [-0.05, 0) is 18.2 Å². The van der Waals surface area contributed by atoms with Gasteiger partial charge in [0.15, 0.2) is 5.96 Å². The molecular weight excluding hydrogens is 247 g/mol. The summed E-state index contributed by atoms with van der Waals surface area (Å²) in [5.41, 5.74) is 0.427. The van der Waals surface area contributed by atoms with Gasteiger partial charge in [0.05, 0.1) is 0 Å². The van der Waals surface area contributed by atoms with E-state index in [4.69, 9.17) is 0 Å². The van der Waals surface area contributed by atoms with Gasteiger partial charge in [-0.3, -0.25) is 4.79 Å². The number of aliphatic imine (C=N–C) groups is 1. The zero-order valence-corrected chi connectivity index (χ0v) is 11.6. The van der Waals surface area contributed by atoms with Gasteiger partial charge in [0, 0.05) is 33.9 Å². The number of guanidine groups is 1. The van der Waals surface area contributed by atoms with E-state index in [0.717, 1.165) is 0 Å². The molecule has 0 heterocycles. The molecule has 0 atom stereocenters. The van der Waals surface area contributed by atoms with Gasteiger partial charge in [-0.25, -0.2) is 9.38 Å². The summed E-state index contributed by atoms with van der Waals surface area (Å²) in [6, 6.07) is 5.76. The summed E-state index contributed by atoms with van der Waals surface area (Å²) in [6.45, 7) is -0.0117. The van der Waals surface area contributed by atoms with Crippen LogP contribution in [0.4, 0.5) is 10.1 Å². The minimum Gasteiger partial charge on any atom is -0.349 e.